The molecule has 0 atom stereocenters. The molecule has 0 aliphatic carbocycles. The number of anilines is 1. The van der Waals surface area contributed by atoms with Crippen LogP contribution in [0.3, 0.4) is 0 Å². The quantitative estimate of drug-likeness (QED) is 0.803. The van der Waals surface area contributed by atoms with Crippen LogP contribution >= 0.6 is 11.5 Å². The summed E-state index contributed by atoms with van der Waals surface area (Å²) in [5, 5.41) is 6.01. The monoisotopic (exact) mass is 367 g/mol. The summed E-state index contributed by atoms with van der Waals surface area (Å²) in [6.07, 6.45) is 1.62. The summed E-state index contributed by atoms with van der Waals surface area (Å²) in [5.74, 6) is 0. The number of nitrogens with zero attached hydrogens (tertiary/aromatic N) is 4. The van der Waals surface area contributed by atoms with Crippen molar-refractivity contribution in [1.29, 1.82) is 0 Å². The van der Waals surface area contributed by atoms with Gasteiger partial charge in [-0.2, -0.15) is 4.31 Å². The van der Waals surface area contributed by atoms with Gasteiger partial charge < -0.3 is 5.73 Å². The molecule has 1 aromatic carbocycles. The Morgan fingerprint density at radius 1 is 1.29 bits per heavy atom. The molecule has 0 saturated carbocycles. The predicted molar refractivity (Wildman–Crippen MR) is 94.0 cm³/mol. The summed E-state index contributed by atoms with van der Waals surface area (Å²) in [7, 11) is -1.82. The van der Waals surface area contributed by atoms with Crippen LogP contribution in [-0.4, -0.2) is 53.4 Å². The Morgan fingerprint density at radius 3 is 2.54 bits per heavy atom. The van der Waals surface area contributed by atoms with Crippen molar-refractivity contribution in [3.8, 4) is 0 Å². The maximum atomic E-state index is 12.7. The fourth-order valence-electron chi connectivity index (χ4n) is 2.93. The molecule has 0 bridgehead atoms. The summed E-state index contributed by atoms with van der Waals surface area (Å²) in [4.78, 5) is 2.58. The van der Waals surface area contributed by atoms with Gasteiger partial charge in [0.1, 0.15) is 0 Å². The molecule has 1 fully saturated rings. The van der Waals surface area contributed by atoms with E-state index in [1.165, 1.54) is 15.8 Å². The van der Waals surface area contributed by atoms with Crippen LogP contribution in [0.25, 0.3) is 0 Å². The molecular weight excluding hydrogens is 346 g/mol. The van der Waals surface area contributed by atoms with Crippen LogP contribution in [0.1, 0.15) is 18.5 Å². The van der Waals surface area contributed by atoms with E-state index < -0.39 is 10.0 Å². The molecule has 7 nitrogen and oxygen atoms in total. The second-order valence-corrected chi connectivity index (χ2v) is 8.60. The Labute approximate surface area is 146 Å². The van der Waals surface area contributed by atoms with Gasteiger partial charge in [0.05, 0.1) is 10.6 Å². The van der Waals surface area contributed by atoms with Gasteiger partial charge >= 0.3 is 0 Å². The molecule has 1 saturated heterocycles. The molecule has 24 heavy (non-hydrogen) atoms. The van der Waals surface area contributed by atoms with E-state index in [0.717, 1.165) is 38.2 Å². The highest BCUT2D eigenvalue weighted by Gasteiger charge is 2.30. The molecule has 0 unspecified atom stereocenters. The first kappa shape index (κ1) is 17.3. The van der Waals surface area contributed by atoms with Crippen LogP contribution in [0.4, 0.5) is 5.69 Å². The molecule has 2 N–H and O–H groups in total. The molecule has 1 aliphatic heterocycles. The molecule has 1 aliphatic rings. The number of benzene rings is 1. The van der Waals surface area contributed by atoms with Gasteiger partial charge in [0.25, 0.3) is 0 Å². The van der Waals surface area contributed by atoms with Crippen LogP contribution in [0.5, 0.6) is 0 Å². The first-order valence-electron chi connectivity index (χ1n) is 7.78. The number of hydrogen-bond donors (Lipinski definition) is 1. The van der Waals surface area contributed by atoms with E-state index in [1.54, 1.807) is 31.3 Å². The van der Waals surface area contributed by atoms with Gasteiger partial charge in [-0.1, -0.05) is 4.49 Å². The van der Waals surface area contributed by atoms with E-state index in [1.807, 2.05) is 5.38 Å². The molecule has 9 heteroatoms. The number of rotatable bonds is 5. The number of sulfonamides is 1. The fraction of sp³-hybridized carbons (Fsp3) is 0.467. The van der Waals surface area contributed by atoms with Crippen molar-refractivity contribution >= 4 is 27.2 Å². The van der Waals surface area contributed by atoms with Crippen molar-refractivity contribution in [2.45, 2.75) is 30.3 Å². The molecule has 0 spiro atoms. The van der Waals surface area contributed by atoms with Crippen molar-refractivity contribution in [3.05, 3.63) is 35.3 Å². The normalized spacial score (nSPS) is 17.4. The zero-order valence-corrected chi connectivity index (χ0v) is 15.1. The summed E-state index contributed by atoms with van der Waals surface area (Å²) < 4.78 is 30.8. The highest BCUT2D eigenvalue weighted by Crippen LogP contribution is 2.24. The molecule has 3 rings (SSSR count). The van der Waals surface area contributed by atoms with Crippen LogP contribution in [0, 0.1) is 0 Å². The number of piperidine rings is 1. The number of nitrogen functional groups attached to an aromatic ring is 1. The maximum absolute atomic E-state index is 12.7. The Bertz CT molecular complexity index is 754. The van der Waals surface area contributed by atoms with Gasteiger partial charge in [-0.05, 0) is 48.6 Å². The molecular formula is C15H21N5O2S2. The average Bonchev–Trinajstić information content (AvgIpc) is 3.08. The second-order valence-electron chi connectivity index (χ2n) is 5.99. The largest absolute Gasteiger partial charge is 0.399 e. The number of hydrogen-bond acceptors (Lipinski definition) is 7. The van der Waals surface area contributed by atoms with E-state index in [0.29, 0.717) is 5.69 Å². The smallest absolute Gasteiger partial charge is 0.243 e. The minimum Gasteiger partial charge on any atom is -0.399 e. The van der Waals surface area contributed by atoms with Gasteiger partial charge in [-0.3, -0.25) is 4.90 Å². The summed E-state index contributed by atoms with van der Waals surface area (Å²) >= 11 is 1.35. The molecule has 0 amide bonds. The predicted octanol–water partition coefficient (Wildman–Crippen LogP) is 1.41. The summed E-state index contributed by atoms with van der Waals surface area (Å²) in [5.41, 5.74) is 7.17. The van der Waals surface area contributed by atoms with E-state index in [2.05, 4.69) is 14.5 Å². The lowest BCUT2D eigenvalue weighted by molar-refractivity contribution is 0.162. The van der Waals surface area contributed by atoms with Crippen LogP contribution < -0.4 is 5.73 Å². The van der Waals surface area contributed by atoms with E-state index in [4.69, 9.17) is 5.73 Å². The standard InChI is InChI=1S/C15H21N5O2S2/c1-19(24(21,22)15-4-2-12(16)3-5-15)14-6-8-20(9-7-14)10-13-11-23-18-17-13/h2-5,11,14H,6-10,16H2,1H3. The zero-order chi connectivity index (χ0) is 17.2. The van der Waals surface area contributed by atoms with Crippen molar-refractivity contribution in [1.82, 2.24) is 18.8 Å². The molecule has 2 heterocycles. The van der Waals surface area contributed by atoms with Gasteiger partial charge in [-0.25, -0.2) is 8.42 Å². The Morgan fingerprint density at radius 2 is 1.96 bits per heavy atom. The molecule has 130 valence electrons. The van der Waals surface area contributed by atoms with E-state index >= 15 is 0 Å². The lowest BCUT2D eigenvalue weighted by atomic mass is 10.1. The first-order valence-corrected chi connectivity index (χ1v) is 10.1. The molecule has 2 aromatic rings. The topological polar surface area (TPSA) is 92.4 Å². The van der Waals surface area contributed by atoms with Crippen LogP contribution in [-0.2, 0) is 16.6 Å². The van der Waals surface area contributed by atoms with Crippen molar-refractivity contribution in [2.75, 3.05) is 25.9 Å². The van der Waals surface area contributed by atoms with E-state index in [-0.39, 0.29) is 10.9 Å². The third-order valence-electron chi connectivity index (χ3n) is 4.42. The minimum absolute atomic E-state index is 0.0114. The summed E-state index contributed by atoms with van der Waals surface area (Å²) in [6.45, 7) is 2.48. The third-order valence-corrected chi connectivity index (χ3v) is 6.90. The average molecular weight is 368 g/mol. The highest BCUT2D eigenvalue weighted by atomic mass is 32.2. The SMILES string of the molecule is CN(C1CCN(Cc2csnn2)CC1)S(=O)(=O)c1ccc(N)cc1. The Kier molecular flexibility index (Phi) is 5.14. The van der Waals surface area contributed by atoms with Crippen molar-refractivity contribution in [2.24, 2.45) is 0 Å². The van der Waals surface area contributed by atoms with Crippen molar-refractivity contribution in [3.63, 3.8) is 0 Å². The van der Waals surface area contributed by atoms with Crippen molar-refractivity contribution < 1.29 is 8.42 Å². The Balaban J connectivity index is 1.62. The van der Waals surface area contributed by atoms with Crippen LogP contribution in [0.2, 0.25) is 0 Å². The molecule has 1 aromatic heterocycles. The summed E-state index contributed by atoms with van der Waals surface area (Å²) in [6, 6.07) is 6.37. The number of likely N-dealkylation sites (tertiary alicyclic amines) is 1. The maximum Gasteiger partial charge on any atom is 0.243 e. The molecule has 0 radical (unpaired) electrons. The van der Waals surface area contributed by atoms with Gasteiger partial charge in [0.2, 0.25) is 10.0 Å². The fourth-order valence-corrected chi connectivity index (χ4v) is 4.78. The van der Waals surface area contributed by atoms with Crippen LogP contribution in [0.15, 0.2) is 34.5 Å². The lowest BCUT2D eigenvalue weighted by Gasteiger charge is -2.35. The highest BCUT2D eigenvalue weighted by molar-refractivity contribution is 7.89. The second kappa shape index (κ2) is 7.14. The Hall–Kier alpha value is -1.55. The first-order chi connectivity index (χ1) is 11.5. The zero-order valence-electron chi connectivity index (χ0n) is 13.5. The third kappa shape index (κ3) is 3.75. The van der Waals surface area contributed by atoms with Gasteiger partial charge in [0, 0.05) is 43.8 Å². The number of aromatic nitrogens is 2. The minimum atomic E-state index is -3.48. The lowest BCUT2D eigenvalue weighted by Crippen LogP contribution is -2.45. The van der Waals surface area contributed by atoms with E-state index in [9.17, 15) is 8.42 Å². The number of nitrogens with two attached hydrogens (primary N) is 1. The van der Waals surface area contributed by atoms with Gasteiger partial charge in [0.15, 0.2) is 0 Å². The van der Waals surface area contributed by atoms with Gasteiger partial charge in [-0.15, -0.1) is 5.10 Å².